The van der Waals surface area contributed by atoms with Crippen LogP contribution in [-0.2, 0) is 12.8 Å². The Labute approximate surface area is 128 Å². The van der Waals surface area contributed by atoms with E-state index in [-0.39, 0.29) is 6.42 Å². The van der Waals surface area contributed by atoms with Gasteiger partial charge in [0.15, 0.2) is 11.5 Å². The molecular weight excluding hydrogens is 280 g/mol. The summed E-state index contributed by atoms with van der Waals surface area (Å²) >= 11 is 0. The van der Waals surface area contributed by atoms with Crippen molar-refractivity contribution >= 4 is 11.1 Å². The number of aromatic nitrogens is 2. The lowest BCUT2D eigenvalue weighted by Gasteiger charge is -2.13. The van der Waals surface area contributed by atoms with Gasteiger partial charge in [-0.2, -0.15) is 0 Å². The number of benzene rings is 1. The van der Waals surface area contributed by atoms with Gasteiger partial charge in [-0.3, -0.25) is 0 Å². The first-order chi connectivity index (χ1) is 10.7. The summed E-state index contributed by atoms with van der Waals surface area (Å²) in [5, 5.41) is 10.5. The fraction of sp³-hybridized carbons (Fsp3) is 0.294. The number of rotatable bonds is 5. The normalized spacial score (nSPS) is 12.5. The molecule has 0 spiro atoms. The van der Waals surface area contributed by atoms with Gasteiger partial charge in [0.2, 0.25) is 5.88 Å². The number of pyridine rings is 1. The summed E-state index contributed by atoms with van der Waals surface area (Å²) in [6.07, 6.45) is 2.11. The van der Waals surface area contributed by atoms with Gasteiger partial charge in [-0.1, -0.05) is 19.1 Å². The highest BCUT2D eigenvalue weighted by atomic mass is 16.5. The number of fused-ring (bicyclic) bond motifs is 1. The number of ether oxygens (including phenoxy) is 1. The van der Waals surface area contributed by atoms with Crippen LogP contribution in [0.4, 0.5) is 0 Å². The Balaban J connectivity index is 1.88. The topological polar surface area (TPSA) is 68.4 Å². The van der Waals surface area contributed by atoms with Crippen molar-refractivity contribution in [2.75, 3.05) is 7.11 Å². The monoisotopic (exact) mass is 298 g/mol. The van der Waals surface area contributed by atoms with Gasteiger partial charge in [0.1, 0.15) is 5.52 Å². The molecule has 3 rings (SSSR count). The molecule has 0 fully saturated rings. The van der Waals surface area contributed by atoms with Crippen LogP contribution in [0.5, 0.6) is 5.88 Å². The fourth-order valence-corrected chi connectivity index (χ4v) is 2.40. The van der Waals surface area contributed by atoms with E-state index in [0.717, 1.165) is 23.1 Å². The molecule has 3 aromatic rings. The second kappa shape index (κ2) is 6.15. The summed E-state index contributed by atoms with van der Waals surface area (Å²) in [7, 11) is 1.55. The first-order valence-electron chi connectivity index (χ1n) is 7.26. The van der Waals surface area contributed by atoms with E-state index in [4.69, 9.17) is 9.15 Å². The lowest BCUT2D eigenvalue weighted by molar-refractivity contribution is 0.164. The summed E-state index contributed by atoms with van der Waals surface area (Å²) in [6, 6.07) is 9.46. The van der Waals surface area contributed by atoms with Crippen LogP contribution in [-0.4, -0.2) is 22.2 Å². The highest BCUT2D eigenvalue weighted by molar-refractivity contribution is 5.72. The average molecular weight is 298 g/mol. The SMILES string of the molecule is CCc1cnc(OC)c(C(O)Cc2nc3ccccc3o2)c1. The lowest BCUT2D eigenvalue weighted by Crippen LogP contribution is -2.06. The predicted octanol–water partition coefficient (Wildman–Crippen LogP) is 3.07. The zero-order valence-electron chi connectivity index (χ0n) is 12.6. The Hall–Kier alpha value is -2.40. The van der Waals surface area contributed by atoms with Crippen LogP contribution >= 0.6 is 0 Å². The molecule has 0 aliphatic heterocycles. The number of aliphatic hydroxyl groups excluding tert-OH is 1. The molecule has 5 nitrogen and oxygen atoms in total. The number of methoxy groups -OCH3 is 1. The molecule has 1 N–H and O–H groups in total. The second-order valence-electron chi connectivity index (χ2n) is 5.09. The van der Waals surface area contributed by atoms with E-state index >= 15 is 0 Å². The maximum absolute atomic E-state index is 10.5. The lowest BCUT2D eigenvalue weighted by atomic mass is 10.1. The highest BCUT2D eigenvalue weighted by Crippen LogP contribution is 2.27. The third kappa shape index (κ3) is 2.80. The standard InChI is InChI=1S/C17H18N2O3/c1-3-11-8-12(17(21-2)18-10-11)14(20)9-16-19-13-6-4-5-7-15(13)22-16/h4-8,10,14,20H,3,9H2,1-2H3. The van der Waals surface area contributed by atoms with Gasteiger partial charge in [0, 0.05) is 11.8 Å². The molecule has 1 aromatic carbocycles. The molecule has 2 aromatic heterocycles. The summed E-state index contributed by atoms with van der Waals surface area (Å²) in [6.45, 7) is 2.04. The molecule has 114 valence electrons. The minimum atomic E-state index is -0.776. The number of oxazole rings is 1. The molecule has 1 unspecified atom stereocenters. The summed E-state index contributed by atoms with van der Waals surface area (Å²) in [5.41, 5.74) is 3.21. The number of aliphatic hydroxyl groups is 1. The van der Waals surface area contributed by atoms with Crippen molar-refractivity contribution in [1.82, 2.24) is 9.97 Å². The van der Waals surface area contributed by atoms with E-state index in [9.17, 15) is 5.11 Å². The van der Waals surface area contributed by atoms with Crippen LogP contribution < -0.4 is 4.74 Å². The number of nitrogens with zero attached hydrogens (tertiary/aromatic N) is 2. The molecule has 1 atom stereocenters. The quantitative estimate of drug-likeness (QED) is 0.784. The van der Waals surface area contributed by atoms with Crippen molar-refractivity contribution in [3.8, 4) is 5.88 Å². The first-order valence-corrected chi connectivity index (χ1v) is 7.26. The molecule has 0 saturated heterocycles. The highest BCUT2D eigenvalue weighted by Gasteiger charge is 2.18. The largest absolute Gasteiger partial charge is 0.481 e. The van der Waals surface area contributed by atoms with Crippen LogP contribution in [0.25, 0.3) is 11.1 Å². The maximum Gasteiger partial charge on any atom is 0.218 e. The minimum Gasteiger partial charge on any atom is -0.481 e. The smallest absolute Gasteiger partial charge is 0.218 e. The van der Waals surface area contributed by atoms with E-state index in [1.807, 2.05) is 37.3 Å². The average Bonchev–Trinajstić information content (AvgIpc) is 2.96. The Morgan fingerprint density at radius 3 is 2.86 bits per heavy atom. The summed E-state index contributed by atoms with van der Waals surface area (Å²) < 4.78 is 10.9. The molecule has 0 bridgehead atoms. The molecule has 0 amide bonds. The third-order valence-electron chi connectivity index (χ3n) is 3.60. The van der Waals surface area contributed by atoms with Crippen LogP contribution in [0.1, 0.15) is 30.0 Å². The molecule has 0 aliphatic carbocycles. The zero-order valence-corrected chi connectivity index (χ0v) is 12.6. The van der Waals surface area contributed by atoms with Gasteiger partial charge in [-0.05, 0) is 30.2 Å². The minimum absolute atomic E-state index is 0.278. The molecule has 2 heterocycles. The van der Waals surface area contributed by atoms with Gasteiger partial charge in [-0.15, -0.1) is 0 Å². The fourth-order valence-electron chi connectivity index (χ4n) is 2.40. The van der Waals surface area contributed by atoms with E-state index in [2.05, 4.69) is 9.97 Å². The van der Waals surface area contributed by atoms with Crippen molar-refractivity contribution in [3.63, 3.8) is 0 Å². The van der Waals surface area contributed by atoms with Crippen molar-refractivity contribution in [1.29, 1.82) is 0 Å². The number of aryl methyl sites for hydroxylation is 1. The maximum atomic E-state index is 10.5. The van der Waals surface area contributed by atoms with Crippen LogP contribution in [0.15, 0.2) is 40.9 Å². The van der Waals surface area contributed by atoms with Crippen molar-refractivity contribution < 1.29 is 14.3 Å². The molecule has 22 heavy (non-hydrogen) atoms. The van der Waals surface area contributed by atoms with E-state index in [0.29, 0.717) is 17.3 Å². The number of hydrogen-bond acceptors (Lipinski definition) is 5. The third-order valence-corrected chi connectivity index (χ3v) is 3.60. The Bertz CT molecular complexity index is 749. The van der Waals surface area contributed by atoms with E-state index in [1.54, 1.807) is 13.3 Å². The second-order valence-corrected chi connectivity index (χ2v) is 5.09. The Morgan fingerprint density at radius 2 is 2.14 bits per heavy atom. The van der Waals surface area contributed by atoms with E-state index in [1.165, 1.54) is 0 Å². The van der Waals surface area contributed by atoms with Crippen molar-refractivity contribution in [2.24, 2.45) is 0 Å². The van der Waals surface area contributed by atoms with Gasteiger partial charge < -0.3 is 14.3 Å². The van der Waals surface area contributed by atoms with Crippen molar-refractivity contribution in [3.05, 3.63) is 53.5 Å². The van der Waals surface area contributed by atoms with Gasteiger partial charge in [0.25, 0.3) is 0 Å². The Morgan fingerprint density at radius 1 is 1.32 bits per heavy atom. The summed E-state index contributed by atoms with van der Waals surface area (Å²) in [5.74, 6) is 0.929. The van der Waals surface area contributed by atoms with E-state index < -0.39 is 6.10 Å². The molecule has 0 radical (unpaired) electrons. The molecule has 0 aliphatic rings. The summed E-state index contributed by atoms with van der Waals surface area (Å²) in [4.78, 5) is 8.63. The number of para-hydroxylation sites is 2. The van der Waals surface area contributed by atoms with Crippen LogP contribution in [0.3, 0.4) is 0 Å². The number of hydrogen-bond donors (Lipinski definition) is 1. The van der Waals surface area contributed by atoms with Gasteiger partial charge >= 0.3 is 0 Å². The van der Waals surface area contributed by atoms with Gasteiger partial charge in [0.05, 0.1) is 19.6 Å². The molecule has 0 saturated carbocycles. The predicted molar refractivity (Wildman–Crippen MR) is 82.8 cm³/mol. The van der Waals surface area contributed by atoms with Gasteiger partial charge in [-0.25, -0.2) is 9.97 Å². The first kappa shape index (κ1) is 14.5. The molecule has 5 heteroatoms. The Kier molecular flexibility index (Phi) is 4.06. The molecular formula is C17H18N2O3. The van der Waals surface area contributed by atoms with Crippen LogP contribution in [0, 0.1) is 0 Å². The van der Waals surface area contributed by atoms with Crippen LogP contribution in [0.2, 0.25) is 0 Å². The van der Waals surface area contributed by atoms with Crippen molar-refractivity contribution in [2.45, 2.75) is 25.9 Å². The zero-order chi connectivity index (χ0) is 15.5.